The maximum absolute atomic E-state index is 12.2. The maximum atomic E-state index is 12.2. The Labute approximate surface area is 158 Å². The van der Waals surface area contributed by atoms with Gasteiger partial charge in [0.2, 0.25) is 5.91 Å². The van der Waals surface area contributed by atoms with Gasteiger partial charge in [0.1, 0.15) is 10.8 Å². The largest absolute Gasteiger partial charge is 0.497 e. The molecule has 7 nitrogen and oxygen atoms in total. The van der Waals surface area contributed by atoms with E-state index in [0.717, 1.165) is 16.8 Å². The van der Waals surface area contributed by atoms with E-state index in [-0.39, 0.29) is 18.3 Å². The topological polar surface area (TPSA) is 93.3 Å². The number of nitrogens with one attached hydrogen (secondary N) is 2. The molecule has 3 aromatic rings. The standard InChI is InChI=1S/C17H17N3O4S2/c1-3-24-16(22)11-6-7-25-15(11)20-14(21)9-26-17-18-12-5-4-10(23-2)8-13(12)19-17/h4-8H,3,9H2,1-2H3,(H,18,19)(H,20,21). The van der Waals surface area contributed by atoms with Crippen molar-refractivity contribution in [2.75, 3.05) is 24.8 Å². The summed E-state index contributed by atoms with van der Waals surface area (Å²) in [5.74, 6) is 0.237. The van der Waals surface area contributed by atoms with Gasteiger partial charge >= 0.3 is 5.97 Å². The van der Waals surface area contributed by atoms with Crippen LogP contribution in [0.25, 0.3) is 11.0 Å². The van der Waals surface area contributed by atoms with Crippen LogP contribution in [0, 0.1) is 0 Å². The number of thioether (sulfide) groups is 1. The van der Waals surface area contributed by atoms with Crippen molar-refractivity contribution in [1.82, 2.24) is 9.97 Å². The summed E-state index contributed by atoms with van der Waals surface area (Å²) in [5, 5.41) is 5.61. The van der Waals surface area contributed by atoms with Gasteiger partial charge in [-0.15, -0.1) is 11.3 Å². The second kappa shape index (κ2) is 8.24. The molecule has 0 aliphatic carbocycles. The molecule has 0 spiro atoms. The molecule has 0 radical (unpaired) electrons. The van der Waals surface area contributed by atoms with Crippen LogP contribution in [0.1, 0.15) is 17.3 Å². The monoisotopic (exact) mass is 391 g/mol. The van der Waals surface area contributed by atoms with Crippen LogP contribution in [0.4, 0.5) is 5.00 Å². The smallest absolute Gasteiger partial charge is 0.341 e. The molecule has 9 heteroatoms. The first-order valence-corrected chi connectivity index (χ1v) is 9.68. The Bertz CT molecular complexity index is 935. The minimum atomic E-state index is -0.442. The SMILES string of the molecule is CCOC(=O)c1ccsc1NC(=O)CSc1nc2ccc(OC)cc2[nH]1. The Morgan fingerprint density at radius 2 is 2.19 bits per heavy atom. The van der Waals surface area contributed by atoms with Crippen LogP contribution in [-0.2, 0) is 9.53 Å². The van der Waals surface area contributed by atoms with Crippen LogP contribution in [0.3, 0.4) is 0 Å². The number of H-pyrrole nitrogens is 1. The van der Waals surface area contributed by atoms with Gasteiger partial charge in [-0.2, -0.15) is 0 Å². The highest BCUT2D eigenvalue weighted by Crippen LogP contribution is 2.26. The van der Waals surface area contributed by atoms with Gasteiger partial charge in [-0.1, -0.05) is 11.8 Å². The molecule has 2 N–H and O–H groups in total. The van der Waals surface area contributed by atoms with E-state index in [1.54, 1.807) is 25.5 Å². The third-order valence-electron chi connectivity index (χ3n) is 3.42. The molecule has 1 aromatic carbocycles. The zero-order valence-corrected chi connectivity index (χ0v) is 15.8. The van der Waals surface area contributed by atoms with Crippen LogP contribution in [0.2, 0.25) is 0 Å². The molecule has 0 bridgehead atoms. The number of benzene rings is 1. The predicted molar refractivity (Wildman–Crippen MR) is 102 cm³/mol. The number of amides is 1. The summed E-state index contributed by atoms with van der Waals surface area (Å²) in [4.78, 5) is 31.6. The highest BCUT2D eigenvalue weighted by atomic mass is 32.2. The molecule has 0 saturated heterocycles. The summed E-state index contributed by atoms with van der Waals surface area (Å²) in [6, 6.07) is 7.17. The lowest BCUT2D eigenvalue weighted by atomic mass is 10.3. The fourth-order valence-corrected chi connectivity index (χ4v) is 3.71. The zero-order chi connectivity index (χ0) is 18.5. The number of ether oxygens (including phenoxy) is 2. The molecular weight excluding hydrogens is 374 g/mol. The van der Waals surface area contributed by atoms with Crippen molar-refractivity contribution in [1.29, 1.82) is 0 Å². The first-order valence-electron chi connectivity index (χ1n) is 7.81. The van der Waals surface area contributed by atoms with Crippen LogP contribution in [0.15, 0.2) is 34.8 Å². The third-order valence-corrected chi connectivity index (χ3v) is 5.12. The summed E-state index contributed by atoms with van der Waals surface area (Å²) in [6.45, 7) is 2.02. The van der Waals surface area contributed by atoms with Gasteiger partial charge in [0, 0.05) is 6.07 Å². The van der Waals surface area contributed by atoms with Crippen molar-refractivity contribution >= 4 is 51.0 Å². The van der Waals surface area contributed by atoms with E-state index in [4.69, 9.17) is 9.47 Å². The van der Waals surface area contributed by atoms with Crippen LogP contribution >= 0.6 is 23.1 Å². The highest BCUT2D eigenvalue weighted by Gasteiger charge is 2.16. The number of esters is 1. The lowest BCUT2D eigenvalue weighted by molar-refractivity contribution is -0.113. The van der Waals surface area contributed by atoms with Crippen LogP contribution < -0.4 is 10.1 Å². The third kappa shape index (κ3) is 4.17. The first-order chi connectivity index (χ1) is 12.6. The number of anilines is 1. The summed E-state index contributed by atoms with van der Waals surface area (Å²) in [7, 11) is 1.60. The Morgan fingerprint density at radius 1 is 1.35 bits per heavy atom. The summed E-state index contributed by atoms with van der Waals surface area (Å²) >= 11 is 2.57. The van der Waals surface area contributed by atoms with Crippen molar-refractivity contribution in [2.24, 2.45) is 0 Å². The number of aromatic amines is 1. The molecule has 3 rings (SSSR count). The van der Waals surface area contributed by atoms with Crippen LogP contribution in [-0.4, -0.2) is 41.3 Å². The molecule has 0 aliphatic rings. The Morgan fingerprint density at radius 3 is 2.96 bits per heavy atom. The number of rotatable bonds is 7. The molecule has 0 unspecified atom stereocenters. The molecular formula is C17H17N3O4S2. The number of hydrogen-bond donors (Lipinski definition) is 2. The second-order valence-electron chi connectivity index (χ2n) is 5.15. The Hall–Kier alpha value is -2.52. The molecule has 0 atom stereocenters. The van der Waals surface area contributed by atoms with E-state index >= 15 is 0 Å². The van der Waals surface area contributed by atoms with Crippen molar-refractivity contribution in [3.63, 3.8) is 0 Å². The second-order valence-corrected chi connectivity index (χ2v) is 7.03. The average molecular weight is 391 g/mol. The first kappa shape index (κ1) is 18.3. The minimum Gasteiger partial charge on any atom is -0.497 e. The van der Waals surface area contributed by atoms with Gasteiger partial charge in [-0.05, 0) is 30.5 Å². The number of carbonyl (C=O) groups is 2. The molecule has 0 saturated carbocycles. The predicted octanol–water partition coefficient (Wildman–Crippen LogP) is 3.54. The molecule has 0 aliphatic heterocycles. The number of imidazole rings is 1. The number of methoxy groups -OCH3 is 1. The summed E-state index contributed by atoms with van der Waals surface area (Å²) in [6.07, 6.45) is 0. The summed E-state index contributed by atoms with van der Waals surface area (Å²) < 4.78 is 10.2. The number of thiophene rings is 1. The van der Waals surface area contributed by atoms with Gasteiger partial charge in [0.25, 0.3) is 0 Å². The molecule has 0 fully saturated rings. The lowest BCUT2D eigenvalue weighted by Gasteiger charge is -2.05. The zero-order valence-electron chi connectivity index (χ0n) is 14.2. The molecule has 1 amide bonds. The van der Waals surface area contributed by atoms with Crippen molar-refractivity contribution in [2.45, 2.75) is 12.1 Å². The van der Waals surface area contributed by atoms with E-state index in [1.165, 1.54) is 23.1 Å². The van der Waals surface area contributed by atoms with E-state index in [1.807, 2.05) is 18.2 Å². The van der Waals surface area contributed by atoms with Crippen molar-refractivity contribution in [3.05, 3.63) is 35.2 Å². The fraction of sp³-hybridized carbons (Fsp3) is 0.235. The van der Waals surface area contributed by atoms with E-state index in [2.05, 4.69) is 15.3 Å². The number of hydrogen-bond acceptors (Lipinski definition) is 7. The van der Waals surface area contributed by atoms with Gasteiger partial charge in [0.15, 0.2) is 5.16 Å². The maximum Gasteiger partial charge on any atom is 0.341 e. The number of aromatic nitrogens is 2. The van der Waals surface area contributed by atoms with Crippen LogP contribution in [0.5, 0.6) is 5.75 Å². The van der Waals surface area contributed by atoms with E-state index in [0.29, 0.717) is 15.7 Å². The summed E-state index contributed by atoms with van der Waals surface area (Å²) in [5.41, 5.74) is 2.01. The van der Waals surface area contributed by atoms with Crippen molar-refractivity contribution in [3.8, 4) is 5.75 Å². The minimum absolute atomic E-state index is 0.164. The number of fused-ring (bicyclic) bond motifs is 1. The number of carbonyl (C=O) groups excluding carboxylic acids is 2. The molecule has 2 aromatic heterocycles. The Balaban J connectivity index is 1.61. The van der Waals surface area contributed by atoms with Gasteiger partial charge < -0.3 is 19.8 Å². The van der Waals surface area contributed by atoms with E-state index < -0.39 is 5.97 Å². The van der Waals surface area contributed by atoms with Gasteiger partial charge in [0.05, 0.1) is 36.1 Å². The van der Waals surface area contributed by atoms with Gasteiger partial charge in [-0.25, -0.2) is 9.78 Å². The van der Waals surface area contributed by atoms with Crippen molar-refractivity contribution < 1.29 is 19.1 Å². The molecule has 26 heavy (non-hydrogen) atoms. The lowest BCUT2D eigenvalue weighted by Crippen LogP contribution is -2.16. The van der Waals surface area contributed by atoms with Gasteiger partial charge in [-0.3, -0.25) is 4.79 Å². The Kier molecular flexibility index (Phi) is 5.79. The van der Waals surface area contributed by atoms with E-state index in [9.17, 15) is 9.59 Å². The number of nitrogens with zero attached hydrogens (tertiary/aromatic N) is 1. The quantitative estimate of drug-likeness (QED) is 0.473. The average Bonchev–Trinajstić information content (AvgIpc) is 3.25. The normalized spacial score (nSPS) is 10.7. The highest BCUT2D eigenvalue weighted by molar-refractivity contribution is 7.99. The molecule has 2 heterocycles. The molecule has 136 valence electrons. The fourth-order valence-electron chi connectivity index (χ4n) is 2.23.